The van der Waals surface area contributed by atoms with Crippen LogP contribution in [0.15, 0.2) is 52.5 Å². The fraction of sp³-hybridized carbons (Fsp3) is 0.133. The first-order valence-electron chi connectivity index (χ1n) is 6.77. The fourth-order valence-electron chi connectivity index (χ4n) is 1.87. The highest BCUT2D eigenvalue weighted by Gasteiger charge is 2.19. The molecule has 0 saturated carbocycles. The lowest BCUT2D eigenvalue weighted by Gasteiger charge is -2.04. The number of hydrazone groups is 1. The quantitative estimate of drug-likeness (QED) is 0.488. The Hall–Kier alpha value is -2.94. The lowest BCUT2D eigenvalue weighted by Crippen LogP contribution is -2.18. The first kappa shape index (κ1) is 17.4. The molecule has 9 heteroatoms. The molecule has 0 saturated heterocycles. The molecule has 2 aromatic carbocycles. The predicted octanol–water partition coefficient (Wildman–Crippen LogP) is 2.22. The van der Waals surface area contributed by atoms with E-state index in [0.29, 0.717) is 16.9 Å². The third kappa shape index (κ3) is 4.07. The maximum Gasteiger partial charge on any atom is 0.276 e. The van der Waals surface area contributed by atoms with Crippen molar-refractivity contribution in [3.05, 3.63) is 63.7 Å². The number of nitro benzene ring substituents is 1. The molecule has 0 atom stereocenters. The highest BCUT2D eigenvalue weighted by Crippen LogP contribution is 2.22. The second-order valence-corrected chi connectivity index (χ2v) is 6.49. The number of ether oxygens (including phenoxy) is 1. The molecule has 0 heterocycles. The molecule has 0 unspecified atom stereocenters. The third-order valence-electron chi connectivity index (χ3n) is 3.19. The van der Waals surface area contributed by atoms with Crippen molar-refractivity contribution in [2.45, 2.75) is 11.8 Å². The topological polar surface area (TPSA) is 111 Å². The van der Waals surface area contributed by atoms with Gasteiger partial charge in [-0.25, -0.2) is 4.83 Å². The van der Waals surface area contributed by atoms with Gasteiger partial charge in [0.15, 0.2) is 0 Å². The summed E-state index contributed by atoms with van der Waals surface area (Å²) in [6, 6.07) is 10.5. The van der Waals surface area contributed by atoms with Crippen LogP contribution in [0.2, 0.25) is 0 Å². The lowest BCUT2D eigenvalue weighted by atomic mass is 10.2. The molecule has 0 amide bonds. The van der Waals surface area contributed by atoms with Gasteiger partial charge in [0.25, 0.3) is 15.7 Å². The van der Waals surface area contributed by atoms with Gasteiger partial charge in [0, 0.05) is 11.6 Å². The average molecular weight is 349 g/mol. The Bertz CT molecular complexity index is 876. The zero-order chi connectivity index (χ0) is 17.7. The zero-order valence-electron chi connectivity index (χ0n) is 13.0. The Kier molecular flexibility index (Phi) is 5.14. The summed E-state index contributed by atoms with van der Waals surface area (Å²) in [6.45, 7) is 1.53. The van der Waals surface area contributed by atoms with E-state index in [2.05, 4.69) is 5.10 Å². The van der Waals surface area contributed by atoms with Crippen LogP contribution in [0.4, 0.5) is 5.69 Å². The molecule has 0 fully saturated rings. The largest absolute Gasteiger partial charge is 0.497 e. The summed E-state index contributed by atoms with van der Waals surface area (Å²) in [5.74, 6) is 0.666. The molecular formula is C15H15N3O5S. The van der Waals surface area contributed by atoms with E-state index in [9.17, 15) is 18.5 Å². The number of nitro groups is 1. The fourth-order valence-corrected chi connectivity index (χ4v) is 2.68. The summed E-state index contributed by atoms with van der Waals surface area (Å²) in [7, 11) is -2.45. The molecule has 1 N–H and O–H groups in total. The van der Waals surface area contributed by atoms with Crippen LogP contribution in [0.5, 0.6) is 5.75 Å². The van der Waals surface area contributed by atoms with Crippen LogP contribution in [-0.2, 0) is 10.0 Å². The summed E-state index contributed by atoms with van der Waals surface area (Å²) >= 11 is 0. The van der Waals surface area contributed by atoms with E-state index in [4.69, 9.17) is 4.74 Å². The minimum absolute atomic E-state index is 0.230. The highest BCUT2D eigenvalue weighted by molar-refractivity contribution is 7.89. The summed E-state index contributed by atoms with van der Waals surface area (Å²) in [6.07, 6.45) is 1.32. The minimum atomic E-state index is -3.99. The van der Waals surface area contributed by atoms with Crippen LogP contribution < -0.4 is 9.57 Å². The van der Waals surface area contributed by atoms with Crippen LogP contribution in [0.1, 0.15) is 11.1 Å². The number of methoxy groups -OCH3 is 1. The molecule has 8 nitrogen and oxygen atoms in total. The van der Waals surface area contributed by atoms with Gasteiger partial charge < -0.3 is 4.74 Å². The van der Waals surface area contributed by atoms with E-state index in [-0.39, 0.29) is 10.6 Å². The standard InChI is InChI=1S/C15H15N3O5S/c1-11-3-8-14(9-15(11)18(19)20)24(21,22)17-16-10-12-4-6-13(23-2)7-5-12/h3-10,17H,1-2H3/b16-10+. The average Bonchev–Trinajstić information content (AvgIpc) is 2.55. The van der Waals surface area contributed by atoms with Crippen molar-refractivity contribution < 1.29 is 18.1 Å². The smallest absolute Gasteiger partial charge is 0.276 e. The molecule has 0 spiro atoms. The first-order valence-corrected chi connectivity index (χ1v) is 8.26. The molecule has 0 aliphatic rings. The molecule has 2 rings (SSSR count). The van der Waals surface area contributed by atoms with Crippen molar-refractivity contribution in [2.75, 3.05) is 7.11 Å². The third-order valence-corrected chi connectivity index (χ3v) is 4.41. The molecule has 0 aliphatic carbocycles. The van der Waals surface area contributed by atoms with Crippen molar-refractivity contribution in [2.24, 2.45) is 5.10 Å². The minimum Gasteiger partial charge on any atom is -0.497 e. The van der Waals surface area contributed by atoms with E-state index < -0.39 is 14.9 Å². The van der Waals surface area contributed by atoms with E-state index in [1.165, 1.54) is 32.4 Å². The number of nitrogens with zero attached hydrogens (tertiary/aromatic N) is 2. The van der Waals surface area contributed by atoms with Crippen molar-refractivity contribution in [1.82, 2.24) is 4.83 Å². The molecule has 0 radical (unpaired) electrons. The SMILES string of the molecule is COc1ccc(/C=N/NS(=O)(=O)c2ccc(C)c([N+](=O)[O-])c2)cc1. The maximum absolute atomic E-state index is 12.1. The Morgan fingerprint density at radius 3 is 2.46 bits per heavy atom. The van der Waals surface area contributed by atoms with Crippen molar-refractivity contribution in [3.63, 3.8) is 0 Å². The van der Waals surface area contributed by atoms with Crippen LogP contribution in [0.3, 0.4) is 0 Å². The van der Waals surface area contributed by atoms with Gasteiger partial charge in [0.1, 0.15) is 5.75 Å². The van der Waals surface area contributed by atoms with Gasteiger partial charge in [-0.15, -0.1) is 0 Å². The molecule has 2 aromatic rings. The normalized spacial score (nSPS) is 11.4. The van der Waals surface area contributed by atoms with Crippen LogP contribution in [0, 0.1) is 17.0 Å². The van der Waals surface area contributed by atoms with Gasteiger partial charge in [-0.05, 0) is 42.8 Å². The molecule has 0 bridgehead atoms. The Morgan fingerprint density at radius 2 is 1.88 bits per heavy atom. The number of nitrogens with one attached hydrogen (secondary N) is 1. The Morgan fingerprint density at radius 1 is 1.21 bits per heavy atom. The van der Waals surface area contributed by atoms with Gasteiger partial charge >= 0.3 is 0 Å². The van der Waals surface area contributed by atoms with Gasteiger partial charge in [-0.2, -0.15) is 13.5 Å². The number of rotatable bonds is 6. The van der Waals surface area contributed by atoms with E-state index in [1.807, 2.05) is 4.83 Å². The van der Waals surface area contributed by atoms with Gasteiger partial charge in [-0.3, -0.25) is 10.1 Å². The van der Waals surface area contributed by atoms with E-state index in [0.717, 1.165) is 6.07 Å². The summed E-state index contributed by atoms with van der Waals surface area (Å²) in [5.41, 5.74) is 0.770. The van der Waals surface area contributed by atoms with Crippen molar-refractivity contribution in [1.29, 1.82) is 0 Å². The molecular weight excluding hydrogens is 334 g/mol. The van der Waals surface area contributed by atoms with Crippen LogP contribution >= 0.6 is 0 Å². The van der Waals surface area contributed by atoms with E-state index in [1.54, 1.807) is 24.3 Å². The second kappa shape index (κ2) is 7.09. The van der Waals surface area contributed by atoms with E-state index >= 15 is 0 Å². The second-order valence-electron chi connectivity index (χ2n) is 4.83. The number of hydrogen-bond donors (Lipinski definition) is 1. The van der Waals surface area contributed by atoms with Gasteiger partial charge in [-0.1, -0.05) is 6.07 Å². The monoisotopic (exact) mass is 349 g/mol. The molecule has 126 valence electrons. The number of sulfonamides is 1. The van der Waals surface area contributed by atoms with Crippen molar-refractivity contribution in [3.8, 4) is 5.75 Å². The summed E-state index contributed by atoms with van der Waals surface area (Å²) in [4.78, 5) is 12.1. The van der Waals surface area contributed by atoms with Crippen LogP contribution in [0.25, 0.3) is 0 Å². The maximum atomic E-state index is 12.1. The van der Waals surface area contributed by atoms with Crippen molar-refractivity contribution >= 4 is 21.9 Å². The summed E-state index contributed by atoms with van der Waals surface area (Å²) in [5, 5.41) is 14.6. The van der Waals surface area contributed by atoms with Gasteiger partial charge in [0.05, 0.1) is 23.1 Å². The number of aryl methyl sites for hydroxylation is 1. The lowest BCUT2D eigenvalue weighted by molar-refractivity contribution is -0.385. The molecule has 0 aliphatic heterocycles. The van der Waals surface area contributed by atoms with Crippen LogP contribution in [-0.4, -0.2) is 26.7 Å². The zero-order valence-corrected chi connectivity index (χ0v) is 13.8. The Labute approximate surface area is 139 Å². The molecule has 0 aromatic heterocycles. The predicted molar refractivity (Wildman–Crippen MR) is 88.7 cm³/mol. The van der Waals surface area contributed by atoms with Gasteiger partial charge in [0.2, 0.25) is 0 Å². The first-order chi connectivity index (χ1) is 11.3. The highest BCUT2D eigenvalue weighted by atomic mass is 32.2. The number of hydrogen-bond acceptors (Lipinski definition) is 6. The number of benzene rings is 2. The Balaban J connectivity index is 2.17. The summed E-state index contributed by atoms with van der Waals surface area (Å²) < 4.78 is 29.3. The molecule has 24 heavy (non-hydrogen) atoms.